The van der Waals surface area contributed by atoms with Crippen LogP contribution in [0.3, 0.4) is 0 Å². The molecule has 5 rings (SSSR count). The number of carbonyl (C=O) groups excluding carboxylic acids is 3. The van der Waals surface area contributed by atoms with Crippen molar-refractivity contribution in [1.82, 2.24) is 10.2 Å². The maximum Gasteiger partial charge on any atom is 0.244 e. The molecule has 0 aromatic heterocycles. The second-order valence-corrected chi connectivity index (χ2v) is 15.4. The van der Waals surface area contributed by atoms with E-state index in [0.29, 0.717) is 5.69 Å². The fourth-order valence-corrected chi connectivity index (χ4v) is 10.4. The first-order valence-corrected chi connectivity index (χ1v) is 15.5. The number of para-hydroxylation sites is 1. The molecule has 3 amide bonds. The van der Waals surface area contributed by atoms with Gasteiger partial charge in [0.25, 0.3) is 0 Å². The van der Waals surface area contributed by atoms with Gasteiger partial charge in [-0.15, -0.1) is 11.8 Å². The summed E-state index contributed by atoms with van der Waals surface area (Å²) in [7, 11) is 0. The van der Waals surface area contributed by atoms with Crippen LogP contribution in [0.25, 0.3) is 0 Å². The van der Waals surface area contributed by atoms with Crippen molar-refractivity contribution in [2.24, 2.45) is 23.2 Å². The standard InChI is InChI=1S/C33H43N3O4S/c1-20-17-24-25(28(38)34-22-15-11-8-12-16-22)26-30(40)36(23(18-37)21-13-9-7-10-14-21)27(33(20,26)41-24)29(39)35-32(5,6)19-31(2,3)4/h7-16,20,23-27,37H,17-19H2,1-6H3,(H,34,38)(H,35,39)/t20?,23-,24-,25+,26+,27?,33?/m1/s1. The first-order valence-electron chi connectivity index (χ1n) is 14.6. The van der Waals surface area contributed by atoms with Crippen LogP contribution in [0.4, 0.5) is 5.69 Å². The van der Waals surface area contributed by atoms with Crippen LogP contribution >= 0.6 is 11.8 Å². The van der Waals surface area contributed by atoms with E-state index in [1.54, 1.807) is 16.7 Å². The second-order valence-electron chi connectivity index (χ2n) is 13.9. The number of fused-ring (bicyclic) bond motifs is 1. The van der Waals surface area contributed by atoms with Crippen LogP contribution in [-0.2, 0) is 14.4 Å². The van der Waals surface area contributed by atoms with Crippen molar-refractivity contribution >= 4 is 35.2 Å². The Kier molecular flexibility index (Phi) is 7.79. The number of carbonyl (C=O) groups is 3. The van der Waals surface area contributed by atoms with E-state index >= 15 is 0 Å². The summed E-state index contributed by atoms with van der Waals surface area (Å²) in [5.41, 5.74) is 0.915. The number of hydrogen-bond acceptors (Lipinski definition) is 5. The quantitative estimate of drug-likeness (QED) is 0.409. The summed E-state index contributed by atoms with van der Waals surface area (Å²) >= 11 is 1.65. The minimum Gasteiger partial charge on any atom is -0.394 e. The molecule has 2 bridgehead atoms. The van der Waals surface area contributed by atoms with Gasteiger partial charge in [-0.2, -0.15) is 0 Å². The van der Waals surface area contributed by atoms with Gasteiger partial charge in [-0.1, -0.05) is 76.2 Å². The van der Waals surface area contributed by atoms with Crippen LogP contribution in [-0.4, -0.2) is 55.9 Å². The van der Waals surface area contributed by atoms with Crippen molar-refractivity contribution in [1.29, 1.82) is 0 Å². The number of likely N-dealkylation sites (tertiary alicyclic amines) is 1. The molecular formula is C33H43N3O4S. The van der Waals surface area contributed by atoms with Gasteiger partial charge in [-0.25, -0.2) is 0 Å². The zero-order chi connectivity index (χ0) is 29.7. The molecule has 3 unspecified atom stereocenters. The average molecular weight is 578 g/mol. The largest absolute Gasteiger partial charge is 0.394 e. The normalized spacial score (nSPS) is 29.8. The Balaban J connectivity index is 1.57. The van der Waals surface area contributed by atoms with E-state index in [2.05, 4.69) is 38.3 Å². The summed E-state index contributed by atoms with van der Waals surface area (Å²) in [6.07, 6.45) is 1.50. The Morgan fingerprint density at radius 1 is 1.02 bits per heavy atom. The average Bonchev–Trinajstić information content (AvgIpc) is 3.48. The molecule has 0 aliphatic carbocycles. The van der Waals surface area contributed by atoms with Gasteiger partial charge in [0, 0.05) is 16.5 Å². The number of rotatable bonds is 8. The first kappa shape index (κ1) is 29.6. The van der Waals surface area contributed by atoms with E-state index in [1.807, 2.05) is 74.5 Å². The molecule has 2 aromatic rings. The summed E-state index contributed by atoms with van der Waals surface area (Å²) in [6.45, 7) is 12.3. The monoisotopic (exact) mass is 577 g/mol. The Hall–Kier alpha value is -2.84. The molecule has 7 atom stereocenters. The van der Waals surface area contributed by atoms with Gasteiger partial charge in [0.1, 0.15) is 6.04 Å². The van der Waals surface area contributed by atoms with Gasteiger partial charge < -0.3 is 20.6 Å². The smallest absolute Gasteiger partial charge is 0.244 e. The molecule has 220 valence electrons. The molecule has 0 radical (unpaired) electrons. The van der Waals surface area contributed by atoms with E-state index < -0.39 is 34.2 Å². The van der Waals surface area contributed by atoms with Crippen LogP contribution in [0.1, 0.15) is 66.0 Å². The minimum atomic E-state index is -0.823. The van der Waals surface area contributed by atoms with Crippen LogP contribution in [0.15, 0.2) is 60.7 Å². The van der Waals surface area contributed by atoms with Gasteiger partial charge in [-0.3, -0.25) is 14.4 Å². The zero-order valence-corrected chi connectivity index (χ0v) is 25.7. The predicted molar refractivity (Wildman–Crippen MR) is 163 cm³/mol. The summed E-state index contributed by atoms with van der Waals surface area (Å²) in [6, 6.07) is 17.2. The molecule has 0 saturated carbocycles. The molecular weight excluding hydrogens is 534 g/mol. The van der Waals surface area contributed by atoms with Crippen molar-refractivity contribution in [3.05, 3.63) is 66.2 Å². The second kappa shape index (κ2) is 10.8. The SMILES string of the molecule is CC1C[C@H]2SC13C(C(=O)NC(C)(C)CC(C)(C)C)N([C@H](CO)c1ccccc1)C(=O)[C@@H]3[C@H]2C(=O)Nc1ccccc1. The number of benzene rings is 2. The minimum absolute atomic E-state index is 0.0189. The van der Waals surface area contributed by atoms with Crippen molar-refractivity contribution in [3.8, 4) is 0 Å². The molecule has 41 heavy (non-hydrogen) atoms. The lowest BCUT2D eigenvalue weighted by molar-refractivity contribution is -0.142. The lowest BCUT2D eigenvalue weighted by atomic mass is 9.65. The fourth-order valence-electron chi connectivity index (χ4n) is 7.94. The van der Waals surface area contributed by atoms with Gasteiger partial charge in [-0.05, 0) is 55.7 Å². The summed E-state index contributed by atoms with van der Waals surface area (Å²) in [4.78, 5) is 44.6. The lowest BCUT2D eigenvalue weighted by Gasteiger charge is -2.42. The predicted octanol–water partition coefficient (Wildman–Crippen LogP) is 5.03. The van der Waals surface area contributed by atoms with Crippen molar-refractivity contribution in [2.75, 3.05) is 11.9 Å². The number of hydrogen-bond donors (Lipinski definition) is 3. The van der Waals surface area contributed by atoms with Crippen molar-refractivity contribution < 1.29 is 19.5 Å². The molecule has 7 nitrogen and oxygen atoms in total. The summed E-state index contributed by atoms with van der Waals surface area (Å²) in [5, 5.41) is 17.0. The highest BCUT2D eigenvalue weighted by Gasteiger charge is 2.76. The van der Waals surface area contributed by atoms with Gasteiger partial charge >= 0.3 is 0 Å². The lowest BCUT2D eigenvalue weighted by Crippen LogP contribution is -2.60. The maximum atomic E-state index is 14.6. The van der Waals surface area contributed by atoms with Crippen LogP contribution in [0.2, 0.25) is 0 Å². The fraction of sp³-hybridized carbons (Fsp3) is 0.545. The molecule has 3 aliphatic heterocycles. The maximum absolute atomic E-state index is 14.6. The van der Waals surface area contributed by atoms with Crippen molar-refractivity contribution in [2.45, 2.75) is 82.0 Å². The highest BCUT2D eigenvalue weighted by atomic mass is 32.2. The van der Waals surface area contributed by atoms with Gasteiger partial charge in [0.05, 0.1) is 29.2 Å². The van der Waals surface area contributed by atoms with E-state index in [9.17, 15) is 19.5 Å². The Labute approximate surface area is 247 Å². The highest BCUT2D eigenvalue weighted by Crippen LogP contribution is 2.69. The number of nitrogens with zero attached hydrogens (tertiary/aromatic N) is 1. The molecule has 8 heteroatoms. The third-order valence-electron chi connectivity index (χ3n) is 8.90. The molecule has 3 fully saturated rings. The molecule has 3 aliphatic rings. The Morgan fingerprint density at radius 3 is 2.22 bits per heavy atom. The van der Waals surface area contributed by atoms with E-state index in [0.717, 1.165) is 18.4 Å². The highest BCUT2D eigenvalue weighted by molar-refractivity contribution is 8.02. The molecule has 1 spiro atoms. The Morgan fingerprint density at radius 2 is 1.63 bits per heavy atom. The first-order chi connectivity index (χ1) is 19.3. The summed E-state index contributed by atoms with van der Waals surface area (Å²) in [5.74, 6) is -1.82. The number of thioether (sulfide) groups is 1. The number of amides is 3. The zero-order valence-electron chi connectivity index (χ0n) is 24.9. The number of aliphatic hydroxyl groups is 1. The topological polar surface area (TPSA) is 98.7 Å². The third-order valence-corrected chi connectivity index (χ3v) is 11.0. The third kappa shape index (κ3) is 5.29. The van der Waals surface area contributed by atoms with Crippen molar-refractivity contribution in [3.63, 3.8) is 0 Å². The van der Waals surface area contributed by atoms with Gasteiger partial charge in [0.15, 0.2) is 0 Å². The van der Waals surface area contributed by atoms with Crippen LogP contribution in [0.5, 0.6) is 0 Å². The van der Waals surface area contributed by atoms with Crippen LogP contribution < -0.4 is 10.6 Å². The molecule has 3 N–H and O–H groups in total. The number of anilines is 1. The van der Waals surface area contributed by atoms with E-state index in [1.165, 1.54) is 0 Å². The van der Waals surface area contributed by atoms with Crippen LogP contribution in [0, 0.1) is 23.2 Å². The molecule has 2 aromatic carbocycles. The number of nitrogens with one attached hydrogen (secondary N) is 2. The van der Waals surface area contributed by atoms with Gasteiger partial charge in [0.2, 0.25) is 17.7 Å². The molecule has 3 saturated heterocycles. The molecule has 3 heterocycles. The van der Waals surface area contributed by atoms with E-state index in [4.69, 9.17) is 0 Å². The summed E-state index contributed by atoms with van der Waals surface area (Å²) < 4.78 is -0.773. The van der Waals surface area contributed by atoms with E-state index in [-0.39, 0.29) is 40.9 Å². The number of aliphatic hydroxyl groups excluding tert-OH is 1. The Bertz CT molecular complexity index is 1290.